The van der Waals surface area contributed by atoms with E-state index in [2.05, 4.69) is 11.8 Å². The second-order valence-corrected chi connectivity index (χ2v) is 2.79. The molecule has 0 bridgehead atoms. The fourth-order valence-electron chi connectivity index (χ4n) is 1.20. The zero-order valence-electron chi connectivity index (χ0n) is 6.97. The molecule has 2 atom stereocenters. The Kier molecular flexibility index (Phi) is 2.07. The summed E-state index contributed by atoms with van der Waals surface area (Å²) in [4.78, 5) is 12.3. The largest absolute Gasteiger partial charge is 0.367 e. The molecule has 0 radical (unpaired) electrons. The Hall–Kier alpha value is -1.08. The third-order valence-corrected chi connectivity index (χ3v) is 1.88. The quantitative estimate of drug-likeness (QED) is 0.501. The molecule has 1 saturated heterocycles. The van der Waals surface area contributed by atoms with E-state index in [1.807, 2.05) is 0 Å². The normalized spacial score (nSPS) is 34.8. The molecule has 66 valence electrons. The first kappa shape index (κ1) is 9.01. The van der Waals surface area contributed by atoms with Gasteiger partial charge < -0.3 is 10.0 Å². The number of carbonyl (C=O) groups excluding carboxylic acids is 1. The Balaban J connectivity index is 3.01. The molecule has 0 aromatic heterocycles. The Morgan fingerprint density at radius 2 is 2.42 bits per heavy atom. The third kappa shape index (κ3) is 1.07. The summed E-state index contributed by atoms with van der Waals surface area (Å²) in [5.74, 6) is 3.87. The number of rotatable bonds is 0. The maximum Gasteiger partial charge on any atom is 0.270 e. The van der Waals surface area contributed by atoms with E-state index in [-0.39, 0.29) is 6.54 Å². The zero-order valence-corrected chi connectivity index (χ0v) is 6.97. The number of carbonyl (C=O) groups is 1. The van der Waals surface area contributed by atoms with Crippen molar-refractivity contribution in [1.29, 1.82) is 0 Å². The van der Waals surface area contributed by atoms with Crippen LogP contribution in [0.5, 0.6) is 0 Å². The summed E-state index contributed by atoms with van der Waals surface area (Å²) in [6, 6.07) is 0. The van der Waals surface area contributed by atoms with Gasteiger partial charge in [-0.3, -0.25) is 4.79 Å². The van der Waals surface area contributed by atoms with Gasteiger partial charge in [-0.1, -0.05) is 5.92 Å². The van der Waals surface area contributed by atoms with Crippen LogP contribution in [0, 0.1) is 11.8 Å². The molecule has 1 amide bonds. The molecule has 1 N–H and O–H groups in total. The summed E-state index contributed by atoms with van der Waals surface area (Å²) in [5.41, 5.74) is -2.11. The summed E-state index contributed by atoms with van der Waals surface area (Å²) in [5, 5.41) is 9.46. The Morgan fingerprint density at radius 1 is 1.83 bits per heavy atom. The molecule has 0 aromatic rings. The molecule has 0 aromatic carbocycles. The van der Waals surface area contributed by atoms with Crippen LogP contribution in [0.3, 0.4) is 0 Å². The van der Waals surface area contributed by atoms with Crippen molar-refractivity contribution in [3.05, 3.63) is 0 Å². The Bertz CT molecular complexity index is 268. The van der Waals surface area contributed by atoms with Crippen molar-refractivity contribution in [2.24, 2.45) is 0 Å². The predicted molar refractivity (Wildman–Crippen MR) is 40.9 cm³/mol. The molecule has 0 aliphatic carbocycles. The van der Waals surface area contributed by atoms with Crippen molar-refractivity contribution in [2.75, 3.05) is 13.6 Å². The van der Waals surface area contributed by atoms with Gasteiger partial charge >= 0.3 is 0 Å². The number of likely N-dealkylation sites (tertiary alicyclic amines) is 1. The number of amides is 1. The topological polar surface area (TPSA) is 40.5 Å². The second-order valence-electron chi connectivity index (χ2n) is 2.79. The minimum absolute atomic E-state index is 0.0932. The first-order valence-electron chi connectivity index (χ1n) is 3.58. The van der Waals surface area contributed by atoms with Crippen LogP contribution in [-0.4, -0.2) is 41.3 Å². The van der Waals surface area contributed by atoms with Crippen LogP contribution in [-0.2, 0) is 4.79 Å². The Labute approximate surface area is 70.2 Å². The van der Waals surface area contributed by atoms with Gasteiger partial charge in [0.25, 0.3) is 5.91 Å². The first-order chi connectivity index (χ1) is 5.52. The summed E-state index contributed by atoms with van der Waals surface area (Å²) < 4.78 is 13.0. The molecular formula is C8H10FNO2. The number of hydrogen-bond donors (Lipinski definition) is 1. The maximum absolute atomic E-state index is 13.0. The van der Waals surface area contributed by atoms with Crippen LogP contribution in [0.2, 0.25) is 0 Å². The van der Waals surface area contributed by atoms with Gasteiger partial charge in [-0.15, -0.1) is 5.92 Å². The third-order valence-electron chi connectivity index (χ3n) is 1.88. The second kappa shape index (κ2) is 2.76. The average molecular weight is 171 g/mol. The van der Waals surface area contributed by atoms with Crippen molar-refractivity contribution in [3.8, 4) is 11.8 Å². The molecule has 1 heterocycles. The van der Waals surface area contributed by atoms with Crippen LogP contribution in [0.25, 0.3) is 0 Å². The molecule has 1 fully saturated rings. The summed E-state index contributed by atoms with van der Waals surface area (Å²) in [6.07, 6.45) is -1.61. The molecule has 1 rings (SSSR count). The molecule has 12 heavy (non-hydrogen) atoms. The Morgan fingerprint density at radius 3 is 2.75 bits per heavy atom. The molecule has 0 spiro atoms. The van der Waals surface area contributed by atoms with Crippen LogP contribution in [0.15, 0.2) is 0 Å². The predicted octanol–water partition coefficient (Wildman–Crippen LogP) is -0.449. The zero-order chi connectivity index (χ0) is 9.35. The standard InChI is InChI=1S/C8H10FNO2/c1-3-4-8(12)6(9)5-10(2)7(8)11/h6,12H,5H2,1-2H3. The van der Waals surface area contributed by atoms with Gasteiger partial charge in [-0.2, -0.15) is 0 Å². The molecule has 2 unspecified atom stereocenters. The van der Waals surface area contributed by atoms with Crippen LogP contribution >= 0.6 is 0 Å². The minimum Gasteiger partial charge on any atom is -0.367 e. The summed E-state index contributed by atoms with van der Waals surface area (Å²) in [6.45, 7) is 1.36. The van der Waals surface area contributed by atoms with Crippen LogP contribution in [0.1, 0.15) is 6.92 Å². The van der Waals surface area contributed by atoms with Gasteiger partial charge in [0, 0.05) is 7.05 Å². The number of aliphatic hydroxyl groups is 1. The minimum atomic E-state index is -2.11. The van der Waals surface area contributed by atoms with Crippen LogP contribution in [0.4, 0.5) is 4.39 Å². The van der Waals surface area contributed by atoms with E-state index in [1.54, 1.807) is 0 Å². The molecule has 0 saturated carbocycles. The van der Waals surface area contributed by atoms with Gasteiger partial charge in [0.1, 0.15) is 0 Å². The van der Waals surface area contributed by atoms with E-state index < -0.39 is 17.7 Å². The fraction of sp³-hybridized carbons (Fsp3) is 0.625. The smallest absolute Gasteiger partial charge is 0.270 e. The number of likely N-dealkylation sites (N-methyl/N-ethyl adjacent to an activating group) is 1. The number of halogens is 1. The van der Waals surface area contributed by atoms with E-state index in [9.17, 15) is 14.3 Å². The number of hydrogen-bond acceptors (Lipinski definition) is 2. The van der Waals surface area contributed by atoms with Gasteiger partial charge in [0.15, 0.2) is 6.17 Å². The van der Waals surface area contributed by atoms with E-state index in [4.69, 9.17) is 0 Å². The maximum atomic E-state index is 13.0. The lowest BCUT2D eigenvalue weighted by atomic mass is 10.0. The highest BCUT2D eigenvalue weighted by atomic mass is 19.1. The van der Waals surface area contributed by atoms with Crippen molar-refractivity contribution in [3.63, 3.8) is 0 Å². The monoisotopic (exact) mass is 171 g/mol. The van der Waals surface area contributed by atoms with Crippen molar-refractivity contribution in [2.45, 2.75) is 18.7 Å². The lowest BCUT2D eigenvalue weighted by Crippen LogP contribution is -2.42. The average Bonchev–Trinajstić information content (AvgIpc) is 2.17. The highest BCUT2D eigenvalue weighted by Crippen LogP contribution is 2.24. The molecule has 3 nitrogen and oxygen atoms in total. The molecule has 1 aliphatic rings. The molecule has 4 heteroatoms. The number of nitrogens with zero attached hydrogens (tertiary/aromatic N) is 1. The first-order valence-corrected chi connectivity index (χ1v) is 3.58. The summed E-state index contributed by atoms with van der Waals surface area (Å²) in [7, 11) is 1.43. The van der Waals surface area contributed by atoms with E-state index in [0.29, 0.717) is 0 Å². The van der Waals surface area contributed by atoms with Gasteiger partial charge in [-0.25, -0.2) is 4.39 Å². The van der Waals surface area contributed by atoms with Gasteiger partial charge in [0.2, 0.25) is 5.60 Å². The molecular weight excluding hydrogens is 161 g/mol. The van der Waals surface area contributed by atoms with Gasteiger partial charge in [0.05, 0.1) is 6.54 Å². The lowest BCUT2D eigenvalue weighted by Gasteiger charge is -2.14. The van der Waals surface area contributed by atoms with Crippen molar-refractivity contribution < 1.29 is 14.3 Å². The number of alkyl halides is 1. The highest BCUT2D eigenvalue weighted by molar-refractivity contribution is 5.91. The van der Waals surface area contributed by atoms with Crippen molar-refractivity contribution in [1.82, 2.24) is 4.90 Å². The van der Waals surface area contributed by atoms with E-state index in [1.165, 1.54) is 14.0 Å². The summed E-state index contributed by atoms with van der Waals surface area (Å²) >= 11 is 0. The molecule has 1 aliphatic heterocycles. The van der Waals surface area contributed by atoms with E-state index >= 15 is 0 Å². The van der Waals surface area contributed by atoms with Crippen molar-refractivity contribution >= 4 is 5.91 Å². The lowest BCUT2D eigenvalue weighted by molar-refractivity contribution is -0.139. The van der Waals surface area contributed by atoms with E-state index in [0.717, 1.165) is 4.90 Å². The highest BCUT2D eigenvalue weighted by Gasteiger charge is 2.51. The van der Waals surface area contributed by atoms with Crippen LogP contribution < -0.4 is 0 Å². The fourth-order valence-corrected chi connectivity index (χ4v) is 1.20. The SMILES string of the molecule is CC#CC1(O)C(=O)N(C)CC1F. The van der Waals surface area contributed by atoms with Gasteiger partial charge in [-0.05, 0) is 6.92 Å².